The molecule has 3 aromatic rings. The molecular weight excluding hydrogens is 348 g/mol. The van der Waals surface area contributed by atoms with E-state index in [2.05, 4.69) is 21.8 Å². The van der Waals surface area contributed by atoms with Gasteiger partial charge in [0.25, 0.3) is 4.96 Å². The van der Waals surface area contributed by atoms with Gasteiger partial charge in [0.1, 0.15) is 6.20 Å². The smallest absolute Gasteiger partial charge is 0.358 e. The predicted molar refractivity (Wildman–Crippen MR) is 95.7 cm³/mol. The number of thiazole rings is 2. The van der Waals surface area contributed by atoms with Crippen molar-refractivity contribution in [2.75, 3.05) is 36.0 Å². The fraction of sp³-hybridized carbons (Fsp3) is 0.429. The van der Waals surface area contributed by atoms with Crippen LogP contribution in [0.25, 0.3) is 4.96 Å². The summed E-state index contributed by atoms with van der Waals surface area (Å²) in [5, 5.41) is 14.3. The first kappa shape index (κ1) is 15.3. The van der Waals surface area contributed by atoms with Gasteiger partial charge in [-0.1, -0.05) is 11.3 Å². The van der Waals surface area contributed by atoms with E-state index >= 15 is 0 Å². The Morgan fingerprint density at radius 1 is 1.17 bits per heavy atom. The van der Waals surface area contributed by atoms with E-state index in [4.69, 9.17) is 0 Å². The SMILES string of the molecule is Cc1nc(N2CCN(c3nc4sccn4c3[N+](=O)[O-])CC2)sc1C. The molecule has 1 fully saturated rings. The average molecular weight is 364 g/mol. The van der Waals surface area contributed by atoms with Gasteiger partial charge in [0, 0.05) is 36.4 Å². The monoisotopic (exact) mass is 364 g/mol. The maximum atomic E-state index is 11.5. The number of fused-ring (bicyclic) bond motifs is 1. The first-order valence-electron chi connectivity index (χ1n) is 7.58. The van der Waals surface area contributed by atoms with E-state index < -0.39 is 0 Å². The average Bonchev–Trinajstić information content (AvgIpc) is 3.22. The topological polar surface area (TPSA) is 79.8 Å². The number of imidazole rings is 1. The number of anilines is 2. The second-order valence-corrected chi connectivity index (χ2v) is 7.74. The summed E-state index contributed by atoms with van der Waals surface area (Å²) in [5.41, 5.74) is 1.07. The van der Waals surface area contributed by atoms with E-state index in [1.54, 1.807) is 21.9 Å². The molecule has 0 N–H and O–H groups in total. The van der Waals surface area contributed by atoms with Crippen molar-refractivity contribution < 1.29 is 4.92 Å². The lowest BCUT2D eigenvalue weighted by molar-refractivity contribution is -0.389. The lowest BCUT2D eigenvalue weighted by Crippen LogP contribution is -2.46. The van der Waals surface area contributed by atoms with Crippen molar-refractivity contribution in [3.63, 3.8) is 0 Å². The van der Waals surface area contributed by atoms with E-state index in [9.17, 15) is 10.1 Å². The molecule has 0 radical (unpaired) electrons. The number of hydrogen-bond donors (Lipinski definition) is 0. The van der Waals surface area contributed by atoms with Crippen LogP contribution in [0.5, 0.6) is 0 Å². The number of piperazine rings is 1. The predicted octanol–water partition coefficient (Wildman–Crippen LogP) is 2.70. The zero-order valence-corrected chi connectivity index (χ0v) is 14.9. The molecule has 3 aromatic heterocycles. The Morgan fingerprint density at radius 2 is 1.88 bits per heavy atom. The van der Waals surface area contributed by atoms with E-state index in [0.717, 1.165) is 23.9 Å². The van der Waals surface area contributed by atoms with E-state index in [1.165, 1.54) is 16.2 Å². The van der Waals surface area contributed by atoms with Crippen LogP contribution >= 0.6 is 22.7 Å². The first-order valence-corrected chi connectivity index (χ1v) is 9.28. The van der Waals surface area contributed by atoms with Gasteiger partial charge >= 0.3 is 5.82 Å². The van der Waals surface area contributed by atoms with Crippen LogP contribution < -0.4 is 9.80 Å². The molecule has 0 amide bonds. The molecule has 4 rings (SSSR count). The van der Waals surface area contributed by atoms with Gasteiger partial charge in [-0.15, -0.1) is 11.3 Å². The van der Waals surface area contributed by atoms with Crippen LogP contribution in [0.1, 0.15) is 10.6 Å². The molecule has 10 heteroatoms. The minimum atomic E-state index is -0.345. The Labute approximate surface area is 146 Å². The summed E-state index contributed by atoms with van der Waals surface area (Å²) in [7, 11) is 0. The molecule has 4 heterocycles. The van der Waals surface area contributed by atoms with Crippen molar-refractivity contribution in [3.05, 3.63) is 32.3 Å². The molecule has 0 spiro atoms. The number of nitrogens with zero attached hydrogens (tertiary/aromatic N) is 6. The minimum Gasteiger partial charge on any atom is -0.358 e. The highest BCUT2D eigenvalue weighted by atomic mass is 32.1. The normalized spacial score (nSPS) is 15.4. The quantitative estimate of drug-likeness (QED) is 0.525. The van der Waals surface area contributed by atoms with Crippen LogP contribution in [0, 0.1) is 24.0 Å². The van der Waals surface area contributed by atoms with Crippen molar-refractivity contribution >= 4 is 44.4 Å². The van der Waals surface area contributed by atoms with Gasteiger partial charge < -0.3 is 19.9 Å². The maximum absolute atomic E-state index is 11.5. The molecule has 1 saturated heterocycles. The van der Waals surface area contributed by atoms with Crippen LogP contribution in [0.3, 0.4) is 0 Å². The third-order valence-corrected chi connectivity index (χ3v) is 6.15. The minimum absolute atomic E-state index is 0.0561. The molecule has 1 aliphatic rings. The van der Waals surface area contributed by atoms with Gasteiger partial charge in [-0.2, -0.15) is 9.38 Å². The highest BCUT2D eigenvalue weighted by molar-refractivity contribution is 7.15. The second-order valence-electron chi connectivity index (χ2n) is 5.68. The largest absolute Gasteiger partial charge is 0.373 e. The Bertz CT molecular complexity index is 886. The Hall–Kier alpha value is -2.20. The lowest BCUT2D eigenvalue weighted by atomic mass is 10.3. The summed E-state index contributed by atoms with van der Waals surface area (Å²) < 4.78 is 1.56. The van der Waals surface area contributed by atoms with Gasteiger partial charge in [0.15, 0.2) is 5.13 Å². The maximum Gasteiger partial charge on any atom is 0.373 e. The fourth-order valence-electron chi connectivity index (χ4n) is 2.84. The molecular formula is C14H16N6O2S2. The van der Waals surface area contributed by atoms with Crippen LogP contribution in [0.2, 0.25) is 0 Å². The molecule has 0 saturated carbocycles. The number of nitro groups is 1. The zero-order chi connectivity index (χ0) is 16.8. The van der Waals surface area contributed by atoms with Crippen molar-refractivity contribution in [1.82, 2.24) is 14.4 Å². The van der Waals surface area contributed by atoms with Crippen LogP contribution in [0.4, 0.5) is 16.8 Å². The number of aryl methyl sites for hydroxylation is 2. The summed E-state index contributed by atoms with van der Waals surface area (Å²) in [6.45, 7) is 7.07. The van der Waals surface area contributed by atoms with Gasteiger partial charge in [-0.25, -0.2) is 4.98 Å². The highest BCUT2D eigenvalue weighted by Gasteiger charge is 2.30. The molecule has 0 unspecified atom stereocenters. The van der Waals surface area contributed by atoms with Crippen LogP contribution in [0.15, 0.2) is 11.6 Å². The Morgan fingerprint density at radius 3 is 2.50 bits per heavy atom. The number of aromatic nitrogens is 3. The third kappa shape index (κ3) is 2.42. The highest BCUT2D eigenvalue weighted by Crippen LogP contribution is 2.32. The van der Waals surface area contributed by atoms with Crippen LogP contribution in [-0.2, 0) is 0 Å². The summed E-state index contributed by atoms with van der Waals surface area (Å²) in [5.74, 6) is 0.527. The molecule has 0 bridgehead atoms. The van der Waals surface area contributed by atoms with Gasteiger partial charge in [0.05, 0.1) is 5.69 Å². The van der Waals surface area contributed by atoms with Crippen molar-refractivity contribution in [1.29, 1.82) is 0 Å². The van der Waals surface area contributed by atoms with Gasteiger partial charge in [0.2, 0.25) is 5.82 Å². The molecule has 1 aliphatic heterocycles. The summed E-state index contributed by atoms with van der Waals surface area (Å²) >= 11 is 3.11. The number of hydrogen-bond acceptors (Lipinski definition) is 8. The van der Waals surface area contributed by atoms with Crippen LogP contribution in [-0.4, -0.2) is 45.5 Å². The van der Waals surface area contributed by atoms with Gasteiger partial charge in [-0.3, -0.25) is 0 Å². The fourth-order valence-corrected chi connectivity index (χ4v) is 4.51. The molecule has 24 heavy (non-hydrogen) atoms. The van der Waals surface area contributed by atoms with E-state index in [1.807, 2.05) is 17.2 Å². The molecule has 8 nitrogen and oxygen atoms in total. The molecule has 0 aromatic carbocycles. The van der Waals surface area contributed by atoms with Crippen molar-refractivity contribution in [2.24, 2.45) is 0 Å². The molecule has 126 valence electrons. The zero-order valence-electron chi connectivity index (χ0n) is 13.3. The first-order chi connectivity index (χ1) is 11.5. The lowest BCUT2D eigenvalue weighted by Gasteiger charge is -2.34. The van der Waals surface area contributed by atoms with E-state index in [-0.39, 0.29) is 10.7 Å². The summed E-state index contributed by atoms with van der Waals surface area (Å²) in [6.07, 6.45) is 1.70. The summed E-state index contributed by atoms with van der Waals surface area (Å²) in [6, 6.07) is 0. The summed E-state index contributed by atoms with van der Waals surface area (Å²) in [4.78, 5) is 26.3. The molecule has 0 atom stereocenters. The third-order valence-electron chi connectivity index (χ3n) is 4.26. The molecule has 0 aliphatic carbocycles. The van der Waals surface area contributed by atoms with Crippen molar-refractivity contribution in [2.45, 2.75) is 13.8 Å². The van der Waals surface area contributed by atoms with E-state index in [0.29, 0.717) is 23.9 Å². The standard InChI is InChI=1S/C14H16N6O2S2/c1-9-10(2)24-13(15-9)18-5-3-17(4-6-18)11-12(20(21)22)19-7-8-23-14(19)16-11/h7-8H,3-6H2,1-2H3. The Balaban J connectivity index is 1.57. The van der Waals surface area contributed by atoms with Crippen molar-refractivity contribution in [3.8, 4) is 0 Å². The second kappa shape index (κ2) is 5.71. The Kier molecular flexibility index (Phi) is 3.65. The van der Waals surface area contributed by atoms with Gasteiger partial charge in [-0.05, 0) is 18.8 Å². The number of rotatable bonds is 3.